The van der Waals surface area contributed by atoms with Crippen LogP contribution in [0.2, 0.25) is 0 Å². The second kappa shape index (κ2) is 12.6. The lowest BCUT2D eigenvalue weighted by atomic mass is 9.75. The van der Waals surface area contributed by atoms with Gasteiger partial charge in [-0.2, -0.15) is 13.2 Å². The first-order valence-electron chi connectivity index (χ1n) is 12.6. The van der Waals surface area contributed by atoms with Gasteiger partial charge < -0.3 is 9.47 Å². The molecule has 0 radical (unpaired) electrons. The SMILES string of the molecule is CCCCCCCC(=O)OCCOCc1nc(C(F)(F)F)ccc1C(=O)C1C(=O)C2CCC(C2)C1=O. The molecule has 36 heavy (non-hydrogen) atoms. The molecular weight excluding hydrogens is 479 g/mol. The van der Waals surface area contributed by atoms with E-state index in [0.717, 1.165) is 38.2 Å². The molecule has 2 unspecified atom stereocenters. The molecule has 0 aromatic carbocycles. The van der Waals surface area contributed by atoms with Gasteiger partial charge in [0.1, 0.15) is 18.2 Å². The third-order valence-electron chi connectivity index (χ3n) is 6.81. The summed E-state index contributed by atoms with van der Waals surface area (Å²) in [6.07, 6.45) is 1.96. The van der Waals surface area contributed by atoms with Gasteiger partial charge in [0.2, 0.25) is 0 Å². The van der Waals surface area contributed by atoms with Crippen LogP contribution in [0, 0.1) is 17.8 Å². The van der Waals surface area contributed by atoms with E-state index in [2.05, 4.69) is 11.9 Å². The van der Waals surface area contributed by atoms with E-state index in [1.165, 1.54) is 0 Å². The van der Waals surface area contributed by atoms with E-state index in [1.54, 1.807) is 0 Å². The number of unbranched alkanes of at least 4 members (excludes halogenated alkanes) is 4. The van der Waals surface area contributed by atoms with Crippen molar-refractivity contribution in [3.63, 3.8) is 0 Å². The predicted octanol–water partition coefficient (Wildman–Crippen LogP) is 4.89. The van der Waals surface area contributed by atoms with Crippen LogP contribution < -0.4 is 0 Å². The van der Waals surface area contributed by atoms with E-state index >= 15 is 0 Å². The fourth-order valence-corrected chi connectivity index (χ4v) is 4.85. The first-order chi connectivity index (χ1) is 17.1. The van der Waals surface area contributed by atoms with E-state index in [0.29, 0.717) is 25.3 Å². The van der Waals surface area contributed by atoms with Gasteiger partial charge in [0.25, 0.3) is 0 Å². The van der Waals surface area contributed by atoms with Gasteiger partial charge in [0.15, 0.2) is 17.3 Å². The molecule has 1 heterocycles. The summed E-state index contributed by atoms with van der Waals surface area (Å²) in [5.41, 5.74) is -1.76. The Kier molecular flexibility index (Phi) is 9.76. The van der Waals surface area contributed by atoms with E-state index in [4.69, 9.17) is 9.47 Å². The first-order valence-corrected chi connectivity index (χ1v) is 12.6. The summed E-state index contributed by atoms with van der Waals surface area (Å²) >= 11 is 0. The lowest BCUT2D eigenvalue weighted by Gasteiger charge is -2.25. The van der Waals surface area contributed by atoms with E-state index < -0.39 is 41.7 Å². The van der Waals surface area contributed by atoms with E-state index in [1.807, 2.05) is 0 Å². The van der Waals surface area contributed by atoms with Crippen LogP contribution in [0.25, 0.3) is 0 Å². The molecule has 2 atom stereocenters. The number of ether oxygens (including phenoxy) is 2. The maximum absolute atomic E-state index is 13.2. The number of aromatic nitrogens is 1. The van der Waals surface area contributed by atoms with Crippen LogP contribution in [-0.2, 0) is 36.6 Å². The molecule has 3 rings (SSSR count). The van der Waals surface area contributed by atoms with Crippen molar-refractivity contribution in [3.05, 3.63) is 29.1 Å². The fraction of sp³-hybridized carbons (Fsp3) is 0.654. The van der Waals surface area contributed by atoms with Crippen molar-refractivity contribution < 1.29 is 41.8 Å². The summed E-state index contributed by atoms with van der Waals surface area (Å²) in [5, 5.41) is 0. The molecule has 2 aliphatic carbocycles. The minimum atomic E-state index is -4.75. The summed E-state index contributed by atoms with van der Waals surface area (Å²) in [6, 6.07) is 1.61. The molecule has 10 heteroatoms. The molecule has 0 aliphatic heterocycles. The minimum Gasteiger partial charge on any atom is -0.463 e. The zero-order chi connectivity index (χ0) is 26.3. The summed E-state index contributed by atoms with van der Waals surface area (Å²) in [4.78, 5) is 53.9. The van der Waals surface area contributed by atoms with Crippen LogP contribution in [0.1, 0.15) is 86.5 Å². The third kappa shape index (κ3) is 6.99. The lowest BCUT2D eigenvalue weighted by Crippen LogP contribution is -2.42. The molecule has 0 spiro atoms. The van der Waals surface area contributed by atoms with Crippen molar-refractivity contribution in [2.45, 2.75) is 77.5 Å². The normalized spacial score (nSPS) is 21.6. The van der Waals surface area contributed by atoms with Gasteiger partial charge in [-0.15, -0.1) is 0 Å². The van der Waals surface area contributed by atoms with Crippen molar-refractivity contribution in [2.75, 3.05) is 13.2 Å². The first kappa shape index (κ1) is 28.0. The zero-order valence-corrected chi connectivity index (χ0v) is 20.4. The number of nitrogens with zero attached hydrogens (tertiary/aromatic N) is 1. The Morgan fingerprint density at radius 3 is 2.31 bits per heavy atom. The molecule has 0 amide bonds. The standard InChI is InChI=1S/C26H32F3NO6/c1-2-3-4-5-6-7-21(31)36-13-12-35-15-19-18(10-11-20(30-19)26(27,28)29)25(34)22-23(32)16-8-9-17(14-16)24(22)33/h10-11,16-17,22H,2-9,12-15H2,1H3. The van der Waals surface area contributed by atoms with Crippen molar-refractivity contribution in [1.29, 1.82) is 0 Å². The predicted molar refractivity (Wildman–Crippen MR) is 122 cm³/mol. The zero-order valence-electron chi connectivity index (χ0n) is 20.4. The average Bonchev–Trinajstić information content (AvgIpc) is 3.29. The number of halogens is 3. The van der Waals surface area contributed by atoms with Gasteiger partial charge in [0.05, 0.1) is 18.9 Å². The van der Waals surface area contributed by atoms with Gasteiger partial charge in [-0.3, -0.25) is 19.2 Å². The monoisotopic (exact) mass is 511 g/mol. The Hall–Kier alpha value is -2.62. The highest BCUT2D eigenvalue weighted by Gasteiger charge is 2.50. The minimum absolute atomic E-state index is 0.0982. The van der Waals surface area contributed by atoms with Crippen molar-refractivity contribution in [1.82, 2.24) is 4.98 Å². The fourth-order valence-electron chi connectivity index (χ4n) is 4.85. The summed E-state index contributed by atoms with van der Waals surface area (Å²) in [6.45, 7) is 1.42. The van der Waals surface area contributed by atoms with Gasteiger partial charge in [-0.1, -0.05) is 32.6 Å². The summed E-state index contributed by atoms with van der Waals surface area (Å²) in [5.74, 6) is -4.40. The number of esters is 1. The van der Waals surface area contributed by atoms with Crippen molar-refractivity contribution >= 4 is 23.3 Å². The second-order valence-corrected chi connectivity index (χ2v) is 9.43. The van der Waals surface area contributed by atoms with Crippen LogP contribution in [0.5, 0.6) is 0 Å². The molecule has 2 saturated carbocycles. The van der Waals surface area contributed by atoms with Crippen LogP contribution in [-0.4, -0.2) is 41.5 Å². The number of hydrogen-bond acceptors (Lipinski definition) is 7. The molecule has 0 saturated heterocycles. The molecule has 1 aromatic heterocycles. The van der Waals surface area contributed by atoms with Crippen LogP contribution >= 0.6 is 0 Å². The highest BCUT2D eigenvalue weighted by atomic mass is 19.4. The number of pyridine rings is 1. The van der Waals surface area contributed by atoms with Gasteiger partial charge >= 0.3 is 12.1 Å². The summed E-state index contributed by atoms with van der Waals surface area (Å²) in [7, 11) is 0. The van der Waals surface area contributed by atoms with E-state index in [9.17, 15) is 32.3 Å². The molecule has 198 valence electrons. The number of Topliss-reactive ketones (excluding diaryl/α,β-unsaturated/α-hetero) is 3. The molecule has 0 N–H and O–H groups in total. The number of carbonyl (C=O) groups excluding carboxylic acids is 4. The Balaban J connectivity index is 1.61. The second-order valence-electron chi connectivity index (χ2n) is 9.43. The number of rotatable bonds is 13. The Morgan fingerprint density at radius 1 is 1.00 bits per heavy atom. The molecular formula is C26H32F3NO6. The van der Waals surface area contributed by atoms with Gasteiger partial charge in [-0.05, 0) is 37.8 Å². The highest BCUT2D eigenvalue weighted by molar-refractivity contribution is 6.26. The summed E-state index contributed by atoms with van der Waals surface area (Å²) < 4.78 is 50.1. The third-order valence-corrected chi connectivity index (χ3v) is 6.81. The van der Waals surface area contributed by atoms with Crippen LogP contribution in [0.15, 0.2) is 12.1 Å². The average molecular weight is 512 g/mol. The maximum atomic E-state index is 13.2. The number of hydrogen-bond donors (Lipinski definition) is 0. The van der Waals surface area contributed by atoms with Crippen LogP contribution in [0.4, 0.5) is 13.2 Å². The number of alkyl halides is 3. The maximum Gasteiger partial charge on any atom is 0.433 e. The van der Waals surface area contributed by atoms with Crippen molar-refractivity contribution in [3.8, 4) is 0 Å². The van der Waals surface area contributed by atoms with Gasteiger partial charge in [-0.25, -0.2) is 4.98 Å². The molecule has 2 bridgehead atoms. The van der Waals surface area contributed by atoms with Crippen molar-refractivity contribution in [2.24, 2.45) is 17.8 Å². The smallest absolute Gasteiger partial charge is 0.433 e. The number of fused-ring (bicyclic) bond motifs is 2. The highest BCUT2D eigenvalue weighted by Crippen LogP contribution is 2.41. The Bertz CT molecular complexity index is 955. The number of carbonyl (C=O) groups is 4. The Morgan fingerprint density at radius 2 is 1.67 bits per heavy atom. The molecule has 7 nitrogen and oxygen atoms in total. The van der Waals surface area contributed by atoms with E-state index in [-0.39, 0.29) is 48.7 Å². The topological polar surface area (TPSA) is 99.6 Å². The van der Waals surface area contributed by atoms with Gasteiger partial charge in [0, 0.05) is 23.8 Å². The quantitative estimate of drug-likeness (QED) is 0.161. The molecule has 1 aromatic rings. The number of ketones is 3. The lowest BCUT2D eigenvalue weighted by molar-refractivity contribution is -0.146. The largest absolute Gasteiger partial charge is 0.463 e. The molecule has 2 aliphatic rings. The Labute approximate surface area is 208 Å². The van der Waals surface area contributed by atoms with Crippen LogP contribution in [0.3, 0.4) is 0 Å². The molecule has 2 fully saturated rings.